The van der Waals surface area contributed by atoms with Gasteiger partial charge in [-0.05, 0) is 80.0 Å². The van der Waals surface area contributed by atoms with Gasteiger partial charge in [0.1, 0.15) is 6.17 Å². The Balaban J connectivity index is 1.69. The summed E-state index contributed by atoms with van der Waals surface area (Å²) in [6, 6.07) is 0. The van der Waals surface area contributed by atoms with E-state index in [1.54, 1.807) is 5.57 Å². The molecule has 4 aliphatic rings. The Bertz CT molecular complexity index is 472. The molecule has 4 aliphatic carbocycles. The van der Waals surface area contributed by atoms with E-state index in [2.05, 4.69) is 19.9 Å². The summed E-state index contributed by atoms with van der Waals surface area (Å²) < 4.78 is 14.2. The molecule has 0 radical (unpaired) electrons. The van der Waals surface area contributed by atoms with Crippen molar-refractivity contribution in [2.45, 2.75) is 77.5 Å². The molecule has 21 heavy (non-hydrogen) atoms. The van der Waals surface area contributed by atoms with Gasteiger partial charge in [-0.15, -0.1) is 0 Å². The maximum absolute atomic E-state index is 14.2. The summed E-state index contributed by atoms with van der Waals surface area (Å²) in [5.41, 5.74) is 1.92. The zero-order valence-electron chi connectivity index (χ0n) is 13.4. The van der Waals surface area contributed by atoms with Crippen LogP contribution in [0.2, 0.25) is 0 Å². The van der Waals surface area contributed by atoms with E-state index < -0.39 is 12.3 Å². The Hall–Kier alpha value is -0.370. The van der Waals surface area contributed by atoms with E-state index in [0.29, 0.717) is 23.7 Å². The fourth-order valence-corrected chi connectivity index (χ4v) is 6.70. The fourth-order valence-electron chi connectivity index (χ4n) is 6.70. The topological polar surface area (TPSA) is 20.2 Å². The van der Waals surface area contributed by atoms with Crippen LogP contribution in [-0.4, -0.2) is 17.4 Å². The first-order chi connectivity index (χ1) is 9.97. The van der Waals surface area contributed by atoms with Crippen LogP contribution < -0.4 is 0 Å². The zero-order valence-corrected chi connectivity index (χ0v) is 13.4. The molecule has 1 N–H and O–H groups in total. The largest absolute Gasteiger partial charge is 0.390 e. The minimum absolute atomic E-state index is 0.160. The van der Waals surface area contributed by atoms with E-state index in [9.17, 15) is 9.50 Å². The lowest BCUT2D eigenvalue weighted by Gasteiger charge is -2.57. The maximum Gasteiger partial charge on any atom is 0.127 e. The number of alkyl halides is 1. The average molecular weight is 292 g/mol. The molecule has 0 aliphatic heterocycles. The normalized spacial score (nSPS) is 56.2. The summed E-state index contributed by atoms with van der Waals surface area (Å²) >= 11 is 0. The number of halogens is 1. The van der Waals surface area contributed by atoms with Crippen molar-refractivity contribution >= 4 is 0 Å². The van der Waals surface area contributed by atoms with Crippen molar-refractivity contribution in [1.82, 2.24) is 0 Å². The van der Waals surface area contributed by atoms with Gasteiger partial charge in [0, 0.05) is 0 Å². The number of aliphatic hydroxyl groups is 1. The summed E-state index contributed by atoms with van der Waals surface area (Å²) in [6.45, 7) is 4.64. The molecule has 3 fully saturated rings. The highest BCUT2D eigenvalue weighted by atomic mass is 19.1. The van der Waals surface area contributed by atoms with Crippen LogP contribution in [0.25, 0.3) is 0 Å². The molecule has 0 spiro atoms. The smallest absolute Gasteiger partial charge is 0.127 e. The second-order valence-electron chi connectivity index (χ2n) is 8.70. The van der Waals surface area contributed by atoms with E-state index in [0.717, 1.165) is 12.3 Å². The lowest BCUT2D eigenvalue weighted by molar-refractivity contribution is -0.0786. The van der Waals surface area contributed by atoms with Gasteiger partial charge in [-0.25, -0.2) is 4.39 Å². The molecule has 1 nitrogen and oxygen atoms in total. The molecule has 4 rings (SSSR count). The standard InChI is InChI=1S/C19H29FO/c1-18-9-4-3-5-12(18)6-7-13-14(18)8-10-19(2)15(13)11-16(20)17(19)21/h5,13-17,21H,3-4,6-11H2,1-2H3/t13-,14-,15+,16?,17?,18+,19+/m1/s1. The van der Waals surface area contributed by atoms with Gasteiger partial charge in [-0.1, -0.05) is 25.5 Å². The summed E-state index contributed by atoms with van der Waals surface area (Å²) in [4.78, 5) is 0. The van der Waals surface area contributed by atoms with Crippen LogP contribution in [0.5, 0.6) is 0 Å². The Morgan fingerprint density at radius 1 is 1.19 bits per heavy atom. The minimum Gasteiger partial charge on any atom is -0.390 e. The quantitative estimate of drug-likeness (QED) is 0.644. The Morgan fingerprint density at radius 3 is 2.81 bits per heavy atom. The minimum atomic E-state index is -0.991. The van der Waals surface area contributed by atoms with Gasteiger partial charge in [0.25, 0.3) is 0 Å². The molecule has 2 heteroatoms. The van der Waals surface area contributed by atoms with Gasteiger partial charge >= 0.3 is 0 Å². The molecule has 0 aromatic heterocycles. The Morgan fingerprint density at radius 2 is 2.00 bits per heavy atom. The maximum atomic E-state index is 14.2. The summed E-state index contributed by atoms with van der Waals surface area (Å²) in [5.74, 6) is 1.77. The van der Waals surface area contributed by atoms with Crippen LogP contribution in [0.1, 0.15) is 65.2 Å². The lowest BCUT2D eigenvalue weighted by atomic mass is 9.47. The first-order valence-corrected chi connectivity index (χ1v) is 8.98. The molecule has 0 aromatic rings. The van der Waals surface area contributed by atoms with Gasteiger partial charge in [0.15, 0.2) is 0 Å². The fraction of sp³-hybridized carbons (Fsp3) is 0.895. The number of hydrogen-bond donors (Lipinski definition) is 1. The van der Waals surface area contributed by atoms with Crippen molar-refractivity contribution in [2.75, 3.05) is 0 Å². The van der Waals surface area contributed by atoms with Gasteiger partial charge in [0.2, 0.25) is 0 Å². The molecule has 0 saturated heterocycles. The van der Waals surface area contributed by atoms with Crippen LogP contribution in [0.4, 0.5) is 4.39 Å². The highest BCUT2D eigenvalue weighted by Crippen LogP contribution is 2.65. The van der Waals surface area contributed by atoms with E-state index in [1.807, 2.05) is 0 Å². The number of rotatable bonds is 0. The van der Waals surface area contributed by atoms with Crippen LogP contribution in [0.3, 0.4) is 0 Å². The summed E-state index contributed by atoms with van der Waals surface area (Å²) in [7, 11) is 0. The monoisotopic (exact) mass is 292 g/mol. The molecule has 0 aromatic carbocycles. The van der Waals surface area contributed by atoms with Gasteiger partial charge in [-0.3, -0.25) is 0 Å². The van der Waals surface area contributed by atoms with E-state index >= 15 is 0 Å². The predicted molar refractivity (Wildman–Crippen MR) is 82.6 cm³/mol. The predicted octanol–water partition coefficient (Wildman–Crippen LogP) is 4.65. The molecule has 0 amide bonds. The van der Waals surface area contributed by atoms with Crippen molar-refractivity contribution in [2.24, 2.45) is 28.6 Å². The molecule has 0 bridgehead atoms. The molecule has 3 saturated carbocycles. The zero-order chi connectivity index (χ0) is 14.8. The Labute approximate surface area is 128 Å². The van der Waals surface area contributed by atoms with E-state index in [1.165, 1.54) is 38.5 Å². The SMILES string of the molecule is C[C@]12CCCC=C1CC[C@@H]1[C@H]2CC[C@]2(C)C(O)C(F)C[C@@H]12. The van der Waals surface area contributed by atoms with Gasteiger partial charge < -0.3 is 5.11 Å². The van der Waals surface area contributed by atoms with Crippen molar-refractivity contribution in [3.63, 3.8) is 0 Å². The molecule has 7 atom stereocenters. The van der Waals surface area contributed by atoms with Crippen LogP contribution in [-0.2, 0) is 0 Å². The van der Waals surface area contributed by atoms with Crippen molar-refractivity contribution < 1.29 is 9.50 Å². The highest BCUT2D eigenvalue weighted by Gasteiger charge is 2.61. The summed E-state index contributed by atoms with van der Waals surface area (Å²) in [6.07, 6.45) is 9.96. The van der Waals surface area contributed by atoms with E-state index in [-0.39, 0.29) is 5.41 Å². The molecule has 118 valence electrons. The lowest BCUT2D eigenvalue weighted by Crippen LogP contribution is -2.51. The molecular weight excluding hydrogens is 263 g/mol. The number of allylic oxidation sites excluding steroid dienone is 2. The molecule has 2 unspecified atom stereocenters. The van der Waals surface area contributed by atoms with Crippen LogP contribution in [0, 0.1) is 28.6 Å². The van der Waals surface area contributed by atoms with Gasteiger partial charge in [0.05, 0.1) is 6.10 Å². The third-order valence-electron chi connectivity index (χ3n) is 7.96. The van der Waals surface area contributed by atoms with Crippen LogP contribution >= 0.6 is 0 Å². The highest BCUT2D eigenvalue weighted by molar-refractivity contribution is 5.24. The number of hydrogen-bond acceptors (Lipinski definition) is 1. The average Bonchev–Trinajstić information content (AvgIpc) is 2.70. The first-order valence-electron chi connectivity index (χ1n) is 8.98. The second kappa shape index (κ2) is 4.57. The summed E-state index contributed by atoms with van der Waals surface area (Å²) in [5, 5.41) is 10.4. The van der Waals surface area contributed by atoms with Crippen LogP contribution in [0.15, 0.2) is 11.6 Å². The second-order valence-corrected chi connectivity index (χ2v) is 8.70. The number of fused-ring (bicyclic) bond motifs is 5. The third-order valence-corrected chi connectivity index (χ3v) is 7.96. The van der Waals surface area contributed by atoms with Crippen molar-refractivity contribution in [1.29, 1.82) is 0 Å². The third kappa shape index (κ3) is 1.77. The number of aliphatic hydroxyl groups excluding tert-OH is 1. The Kier molecular flexibility index (Phi) is 3.10. The molecular formula is C19H29FO. The van der Waals surface area contributed by atoms with Crippen molar-refractivity contribution in [3.8, 4) is 0 Å². The first kappa shape index (κ1) is 14.2. The van der Waals surface area contributed by atoms with E-state index in [4.69, 9.17) is 0 Å². The van der Waals surface area contributed by atoms with Crippen molar-refractivity contribution in [3.05, 3.63) is 11.6 Å². The molecule has 0 heterocycles. The van der Waals surface area contributed by atoms with Gasteiger partial charge in [-0.2, -0.15) is 0 Å².